The van der Waals surface area contributed by atoms with Gasteiger partial charge in [-0.3, -0.25) is 14.5 Å². The Morgan fingerprint density at radius 1 is 1.19 bits per heavy atom. The topological polar surface area (TPSA) is 82.0 Å². The van der Waals surface area contributed by atoms with Crippen molar-refractivity contribution in [1.82, 2.24) is 10.3 Å². The summed E-state index contributed by atoms with van der Waals surface area (Å²) in [5.41, 5.74) is 1.35. The van der Waals surface area contributed by atoms with Gasteiger partial charge in [0.15, 0.2) is 10.8 Å². The second kappa shape index (κ2) is 8.20. The molecule has 138 valence electrons. The van der Waals surface area contributed by atoms with Gasteiger partial charge < -0.3 is 5.11 Å². The molecule has 0 radical (unpaired) electrons. The third kappa shape index (κ3) is 3.79. The summed E-state index contributed by atoms with van der Waals surface area (Å²) in [5.74, 6) is -0.551. The van der Waals surface area contributed by atoms with E-state index in [1.807, 2.05) is 0 Å². The van der Waals surface area contributed by atoms with Gasteiger partial charge in [-0.15, -0.1) is 11.7 Å². The molecule has 6 nitrogen and oxygen atoms in total. The number of aliphatic hydroxyl groups is 1. The van der Waals surface area contributed by atoms with Gasteiger partial charge in [0.05, 0.1) is 5.75 Å². The van der Waals surface area contributed by atoms with Crippen LogP contribution in [0.2, 0.25) is 0 Å². The molecule has 1 heterocycles. The van der Waals surface area contributed by atoms with Gasteiger partial charge in [0.1, 0.15) is 0 Å². The highest BCUT2D eigenvalue weighted by Gasteiger charge is 2.40. The molecule has 7 heteroatoms. The number of amidine groups is 1. The van der Waals surface area contributed by atoms with Crippen molar-refractivity contribution in [1.29, 1.82) is 0 Å². The molecule has 2 aromatic rings. The first-order valence-electron chi connectivity index (χ1n) is 8.33. The Bertz CT molecular complexity index is 829. The van der Waals surface area contributed by atoms with Gasteiger partial charge in [0, 0.05) is 6.54 Å². The Kier molecular flexibility index (Phi) is 5.73. The van der Waals surface area contributed by atoms with E-state index in [1.54, 1.807) is 66.7 Å². The van der Waals surface area contributed by atoms with E-state index in [0.29, 0.717) is 22.8 Å². The van der Waals surface area contributed by atoms with E-state index in [1.165, 1.54) is 16.7 Å². The lowest BCUT2D eigenvalue weighted by Crippen LogP contribution is -2.44. The largest absolute Gasteiger partial charge is 0.372 e. The van der Waals surface area contributed by atoms with Crippen molar-refractivity contribution in [2.24, 2.45) is 5.10 Å². The molecule has 1 aliphatic heterocycles. The Balaban J connectivity index is 1.92. The summed E-state index contributed by atoms with van der Waals surface area (Å²) in [6.45, 7) is 3.93. The van der Waals surface area contributed by atoms with Crippen LogP contribution in [0.1, 0.15) is 11.1 Å². The van der Waals surface area contributed by atoms with Crippen LogP contribution in [0.5, 0.6) is 0 Å². The molecule has 0 unspecified atom stereocenters. The smallest absolute Gasteiger partial charge is 0.281 e. The summed E-state index contributed by atoms with van der Waals surface area (Å²) in [4.78, 5) is 26.3. The van der Waals surface area contributed by atoms with Crippen molar-refractivity contribution < 1.29 is 14.7 Å². The predicted molar refractivity (Wildman–Crippen MR) is 106 cm³/mol. The van der Waals surface area contributed by atoms with Gasteiger partial charge in [0.25, 0.3) is 5.91 Å². The summed E-state index contributed by atoms with van der Waals surface area (Å²) in [7, 11) is 0. The number of benzene rings is 2. The molecule has 1 fully saturated rings. The van der Waals surface area contributed by atoms with Gasteiger partial charge in [0.2, 0.25) is 5.91 Å². The number of carbonyl (C=O) groups is 2. The van der Waals surface area contributed by atoms with Crippen molar-refractivity contribution in [3.8, 4) is 0 Å². The number of nitrogens with zero attached hydrogens (tertiary/aromatic N) is 2. The van der Waals surface area contributed by atoms with Gasteiger partial charge in [-0.1, -0.05) is 78.5 Å². The molecule has 0 spiro atoms. The Hall–Kier alpha value is -2.90. The lowest BCUT2D eigenvalue weighted by atomic mass is 9.86. The summed E-state index contributed by atoms with van der Waals surface area (Å²) < 4.78 is 0. The molecular formula is C20H19N3O3S. The van der Waals surface area contributed by atoms with Crippen molar-refractivity contribution in [2.45, 2.75) is 5.60 Å². The molecule has 1 saturated heterocycles. The van der Waals surface area contributed by atoms with E-state index in [-0.39, 0.29) is 11.7 Å². The first kappa shape index (κ1) is 18.9. The third-order valence-electron chi connectivity index (χ3n) is 4.13. The fourth-order valence-electron chi connectivity index (χ4n) is 2.76. The Labute approximate surface area is 161 Å². The van der Waals surface area contributed by atoms with Gasteiger partial charge in [-0.05, 0) is 11.1 Å². The highest BCUT2D eigenvalue weighted by Crippen LogP contribution is 2.30. The number of amides is 2. The average Bonchev–Trinajstić information content (AvgIpc) is 3.06. The molecule has 0 bridgehead atoms. The lowest BCUT2D eigenvalue weighted by molar-refractivity contribution is -0.136. The quantitative estimate of drug-likeness (QED) is 0.593. The summed E-state index contributed by atoms with van der Waals surface area (Å²) >= 11 is 1.23. The third-order valence-corrected chi connectivity index (χ3v) is 5.09. The number of hydrazone groups is 1. The van der Waals surface area contributed by atoms with Crippen LogP contribution in [-0.2, 0) is 15.2 Å². The van der Waals surface area contributed by atoms with Crippen LogP contribution in [0.3, 0.4) is 0 Å². The van der Waals surface area contributed by atoms with Gasteiger partial charge in [-0.2, -0.15) is 0 Å². The minimum absolute atomic E-state index is 0.103. The summed E-state index contributed by atoms with van der Waals surface area (Å²) in [6.07, 6.45) is 1.59. The maximum Gasteiger partial charge on any atom is 0.281 e. The van der Waals surface area contributed by atoms with Crippen LogP contribution < -0.4 is 5.43 Å². The molecule has 0 saturated carbocycles. The zero-order valence-corrected chi connectivity index (χ0v) is 15.4. The summed E-state index contributed by atoms with van der Waals surface area (Å²) in [5, 5.41) is 15.8. The number of rotatable bonds is 6. The average molecular weight is 381 g/mol. The van der Waals surface area contributed by atoms with Crippen LogP contribution >= 0.6 is 11.8 Å². The van der Waals surface area contributed by atoms with Crippen LogP contribution in [0, 0.1) is 0 Å². The number of nitrogens with one attached hydrogen (secondary N) is 1. The predicted octanol–water partition coefficient (Wildman–Crippen LogP) is 2.07. The van der Waals surface area contributed by atoms with Crippen molar-refractivity contribution in [2.75, 3.05) is 12.3 Å². The van der Waals surface area contributed by atoms with E-state index in [2.05, 4.69) is 17.1 Å². The molecule has 0 atom stereocenters. The number of carbonyl (C=O) groups excluding carboxylic acids is 2. The Morgan fingerprint density at radius 2 is 1.74 bits per heavy atom. The summed E-state index contributed by atoms with van der Waals surface area (Å²) in [6, 6.07) is 17.3. The number of thioether (sulfide) groups is 1. The van der Waals surface area contributed by atoms with E-state index in [4.69, 9.17) is 0 Å². The molecule has 1 aliphatic rings. The minimum atomic E-state index is -1.91. The molecule has 27 heavy (non-hydrogen) atoms. The van der Waals surface area contributed by atoms with Crippen molar-refractivity contribution in [3.63, 3.8) is 0 Å². The second-order valence-electron chi connectivity index (χ2n) is 5.86. The van der Waals surface area contributed by atoms with Crippen molar-refractivity contribution in [3.05, 3.63) is 84.4 Å². The molecule has 3 rings (SSSR count). The van der Waals surface area contributed by atoms with E-state index < -0.39 is 11.5 Å². The number of hydrogen-bond acceptors (Lipinski definition) is 5. The first-order chi connectivity index (χ1) is 13.1. The van der Waals surface area contributed by atoms with Gasteiger partial charge in [-0.25, -0.2) is 5.43 Å². The SMILES string of the molecule is C=CCN1C(=O)CS/C1=N/NC(=O)C(O)(c1ccccc1)c1ccccc1. The van der Waals surface area contributed by atoms with Crippen LogP contribution in [-0.4, -0.2) is 39.3 Å². The minimum Gasteiger partial charge on any atom is -0.372 e. The fraction of sp³-hybridized carbons (Fsp3) is 0.150. The van der Waals surface area contributed by atoms with Crippen LogP contribution in [0.25, 0.3) is 0 Å². The first-order valence-corrected chi connectivity index (χ1v) is 9.31. The second-order valence-corrected chi connectivity index (χ2v) is 6.80. The van der Waals surface area contributed by atoms with E-state index in [9.17, 15) is 14.7 Å². The fourth-order valence-corrected chi connectivity index (χ4v) is 3.61. The molecular weight excluding hydrogens is 362 g/mol. The lowest BCUT2D eigenvalue weighted by Gasteiger charge is -2.27. The molecule has 0 aromatic heterocycles. The van der Waals surface area contributed by atoms with Crippen LogP contribution in [0.4, 0.5) is 0 Å². The maximum absolute atomic E-state index is 13.0. The monoisotopic (exact) mass is 381 g/mol. The molecule has 0 aliphatic carbocycles. The normalized spacial score (nSPS) is 15.8. The maximum atomic E-state index is 13.0. The molecule has 2 amide bonds. The van der Waals surface area contributed by atoms with E-state index >= 15 is 0 Å². The Morgan fingerprint density at radius 3 is 2.26 bits per heavy atom. The molecule has 2 aromatic carbocycles. The van der Waals surface area contributed by atoms with Crippen LogP contribution in [0.15, 0.2) is 78.4 Å². The zero-order chi connectivity index (χ0) is 19.3. The highest BCUT2D eigenvalue weighted by molar-refractivity contribution is 8.15. The highest BCUT2D eigenvalue weighted by atomic mass is 32.2. The molecule has 2 N–H and O–H groups in total. The van der Waals surface area contributed by atoms with Crippen molar-refractivity contribution >= 4 is 28.7 Å². The van der Waals surface area contributed by atoms with Gasteiger partial charge >= 0.3 is 0 Å². The number of hydrogen-bond donors (Lipinski definition) is 2. The standard InChI is InChI=1S/C20H19N3O3S/c1-2-13-23-17(24)14-27-19(23)22-21-18(25)20(26,15-9-5-3-6-10-15)16-11-7-4-8-12-16/h2-12,26H,1,13-14H2,(H,21,25)/b22-19+. The zero-order valence-electron chi connectivity index (χ0n) is 14.5. The van der Waals surface area contributed by atoms with E-state index in [0.717, 1.165) is 0 Å².